The fraction of sp³-hybridized carbons (Fsp3) is 1.00. The van der Waals surface area contributed by atoms with Gasteiger partial charge in [-0.25, -0.2) is 0 Å². The molecule has 0 radical (unpaired) electrons. The molecule has 3 heteroatoms. The van der Waals surface area contributed by atoms with Gasteiger partial charge in [0.05, 0.1) is 6.10 Å². The van der Waals surface area contributed by atoms with E-state index in [0.29, 0.717) is 12.1 Å². The van der Waals surface area contributed by atoms with E-state index in [0.717, 1.165) is 12.5 Å². The van der Waals surface area contributed by atoms with Crippen LogP contribution < -0.4 is 5.32 Å². The highest BCUT2D eigenvalue weighted by Crippen LogP contribution is 2.19. The van der Waals surface area contributed by atoms with Crippen molar-refractivity contribution in [2.75, 3.05) is 33.3 Å². The predicted octanol–water partition coefficient (Wildman–Crippen LogP) is 2.27. The van der Waals surface area contributed by atoms with Crippen molar-refractivity contribution in [3.05, 3.63) is 0 Å². The number of likely N-dealkylation sites (tertiary alicyclic amines) is 1. The smallest absolute Gasteiger partial charge is 0.0589 e. The monoisotopic (exact) mass is 254 g/mol. The van der Waals surface area contributed by atoms with E-state index in [2.05, 4.69) is 24.2 Å². The molecule has 0 bridgehead atoms. The fourth-order valence-corrected chi connectivity index (χ4v) is 3.36. The molecule has 0 amide bonds. The van der Waals surface area contributed by atoms with Crippen molar-refractivity contribution in [3.8, 4) is 0 Å². The minimum absolute atomic E-state index is 0.510. The lowest BCUT2D eigenvalue weighted by Gasteiger charge is -2.34. The molecule has 0 saturated carbocycles. The number of rotatable bonds is 5. The third kappa shape index (κ3) is 4.52. The molecule has 2 fully saturated rings. The Morgan fingerprint density at radius 2 is 2.22 bits per heavy atom. The highest BCUT2D eigenvalue weighted by molar-refractivity contribution is 4.79. The molecule has 2 rings (SSSR count). The second-order valence-corrected chi connectivity index (χ2v) is 6.18. The maximum atomic E-state index is 5.81. The summed E-state index contributed by atoms with van der Waals surface area (Å²) in [4.78, 5) is 2.47. The summed E-state index contributed by atoms with van der Waals surface area (Å²) in [5.74, 6) is 0.858. The predicted molar refractivity (Wildman–Crippen MR) is 75.9 cm³/mol. The molecule has 0 aromatic carbocycles. The number of hydrogen-bond acceptors (Lipinski definition) is 3. The van der Waals surface area contributed by atoms with E-state index in [4.69, 9.17) is 4.74 Å². The van der Waals surface area contributed by atoms with E-state index < -0.39 is 0 Å². The number of hydrogen-bond donors (Lipinski definition) is 1. The van der Waals surface area contributed by atoms with Crippen LogP contribution in [0.5, 0.6) is 0 Å². The van der Waals surface area contributed by atoms with E-state index in [-0.39, 0.29) is 0 Å². The van der Waals surface area contributed by atoms with Crippen molar-refractivity contribution in [1.29, 1.82) is 0 Å². The topological polar surface area (TPSA) is 24.5 Å². The van der Waals surface area contributed by atoms with Gasteiger partial charge in [0.2, 0.25) is 0 Å². The highest BCUT2D eigenvalue weighted by Gasteiger charge is 2.23. The second-order valence-electron chi connectivity index (χ2n) is 6.18. The van der Waals surface area contributed by atoms with Gasteiger partial charge in [0.1, 0.15) is 0 Å². The Labute approximate surface area is 112 Å². The van der Waals surface area contributed by atoms with Gasteiger partial charge in [-0.15, -0.1) is 0 Å². The number of ether oxygens (including phenoxy) is 1. The number of nitrogens with one attached hydrogen (secondary N) is 1. The van der Waals surface area contributed by atoms with Crippen LogP contribution >= 0.6 is 0 Å². The first kappa shape index (κ1) is 14.3. The number of nitrogens with zero attached hydrogens (tertiary/aromatic N) is 1. The van der Waals surface area contributed by atoms with Crippen LogP contribution in [0.25, 0.3) is 0 Å². The van der Waals surface area contributed by atoms with Gasteiger partial charge in [-0.05, 0) is 58.2 Å². The second kappa shape index (κ2) is 7.46. The van der Waals surface area contributed by atoms with Crippen LogP contribution in [-0.2, 0) is 4.74 Å². The van der Waals surface area contributed by atoms with Gasteiger partial charge in [0, 0.05) is 19.2 Å². The Morgan fingerprint density at radius 1 is 1.33 bits per heavy atom. The van der Waals surface area contributed by atoms with Crippen LogP contribution in [0, 0.1) is 5.92 Å². The summed E-state index contributed by atoms with van der Waals surface area (Å²) < 4.78 is 5.81. The highest BCUT2D eigenvalue weighted by atomic mass is 16.5. The lowest BCUT2D eigenvalue weighted by atomic mass is 9.96. The zero-order valence-corrected chi connectivity index (χ0v) is 12.2. The fourth-order valence-electron chi connectivity index (χ4n) is 3.36. The SMILES string of the molecule is CCCC1CC(NCC2CCCN(C)C2)CCO1. The standard InChI is InChI=1S/C15H30N2O/c1-3-5-15-10-14(7-9-18-15)16-11-13-6-4-8-17(2)12-13/h13-16H,3-12H2,1-2H3. The van der Waals surface area contributed by atoms with Crippen molar-refractivity contribution in [2.24, 2.45) is 5.92 Å². The molecule has 0 aliphatic carbocycles. The molecule has 18 heavy (non-hydrogen) atoms. The molecule has 0 aromatic heterocycles. The summed E-state index contributed by atoms with van der Waals surface area (Å²) in [6, 6.07) is 0.697. The Kier molecular flexibility index (Phi) is 5.93. The summed E-state index contributed by atoms with van der Waals surface area (Å²) in [6.45, 7) is 6.96. The molecule has 2 heterocycles. The first-order valence-electron chi connectivity index (χ1n) is 7.81. The van der Waals surface area contributed by atoms with Crippen LogP contribution in [0.1, 0.15) is 45.4 Å². The minimum atomic E-state index is 0.510. The Morgan fingerprint density at radius 3 is 3.00 bits per heavy atom. The molecule has 3 atom stereocenters. The van der Waals surface area contributed by atoms with E-state index in [9.17, 15) is 0 Å². The minimum Gasteiger partial charge on any atom is -0.378 e. The zero-order chi connectivity index (χ0) is 12.8. The van der Waals surface area contributed by atoms with Crippen molar-refractivity contribution < 1.29 is 4.74 Å². The largest absolute Gasteiger partial charge is 0.378 e. The van der Waals surface area contributed by atoms with Gasteiger partial charge in [-0.2, -0.15) is 0 Å². The molecule has 0 spiro atoms. The van der Waals surface area contributed by atoms with Crippen LogP contribution in [0.2, 0.25) is 0 Å². The Balaban J connectivity index is 1.66. The molecule has 2 aliphatic rings. The molecule has 3 nitrogen and oxygen atoms in total. The number of piperidine rings is 1. The van der Waals surface area contributed by atoms with Gasteiger partial charge in [0.25, 0.3) is 0 Å². The molecule has 0 aromatic rings. The average Bonchev–Trinajstić information content (AvgIpc) is 2.37. The first-order chi connectivity index (χ1) is 8.78. The van der Waals surface area contributed by atoms with Crippen LogP contribution in [-0.4, -0.2) is 50.3 Å². The lowest BCUT2D eigenvalue weighted by molar-refractivity contribution is -0.00415. The van der Waals surface area contributed by atoms with Gasteiger partial charge in [-0.3, -0.25) is 0 Å². The van der Waals surface area contributed by atoms with Crippen LogP contribution in [0.15, 0.2) is 0 Å². The molecular weight excluding hydrogens is 224 g/mol. The molecule has 2 aliphatic heterocycles. The van der Waals surface area contributed by atoms with Crippen molar-refractivity contribution in [3.63, 3.8) is 0 Å². The van der Waals surface area contributed by atoms with E-state index in [1.165, 1.54) is 58.2 Å². The van der Waals surface area contributed by atoms with E-state index >= 15 is 0 Å². The Bertz CT molecular complexity index is 233. The summed E-state index contributed by atoms with van der Waals surface area (Å²) >= 11 is 0. The van der Waals surface area contributed by atoms with Gasteiger partial charge >= 0.3 is 0 Å². The summed E-state index contributed by atoms with van der Waals surface area (Å²) in [7, 11) is 2.25. The van der Waals surface area contributed by atoms with Crippen molar-refractivity contribution in [2.45, 2.75) is 57.6 Å². The van der Waals surface area contributed by atoms with Crippen LogP contribution in [0.4, 0.5) is 0 Å². The van der Waals surface area contributed by atoms with Gasteiger partial charge < -0.3 is 15.0 Å². The van der Waals surface area contributed by atoms with Crippen molar-refractivity contribution in [1.82, 2.24) is 10.2 Å². The summed E-state index contributed by atoms with van der Waals surface area (Å²) in [5, 5.41) is 3.79. The maximum absolute atomic E-state index is 5.81. The average molecular weight is 254 g/mol. The summed E-state index contributed by atoms with van der Waals surface area (Å²) in [5.41, 5.74) is 0. The normalized spacial score (nSPS) is 34.7. The zero-order valence-electron chi connectivity index (χ0n) is 12.2. The molecular formula is C15H30N2O. The van der Waals surface area contributed by atoms with E-state index in [1.807, 2.05) is 0 Å². The molecule has 3 unspecified atom stereocenters. The van der Waals surface area contributed by atoms with Crippen molar-refractivity contribution >= 4 is 0 Å². The third-order valence-electron chi connectivity index (χ3n) is 4.40. The third-order valence-corrected chi connectivity index (χ3v) is 4.40. The quantitative estimate of drug-likeness (QED) is 0.814. The molecule has 2 saturated heterocycles. The lowest BCUT2D eigenvalue weighted by Crippen LogP contribution is -2.44. The maximum Gasteiger partial charge on any atom is 0.0589 e. The molecule has 1 N–H and O–H groups in total. The molecule has 106 valence electrons. The first-order valence-corrected chi connectivity index (χ1v) is 7.81. The van der Waals surface area contributed by atoms with Gasteiger partial charge in [-0.1, -0.05) is 13.3 Å². The Hall–Kier alpha value is -0.120. The van der Waals surface area contributed by atoms with E-state index in [1.54, 1.807) is 0 Å². The van der Waals surface area contributed by atoms with Gasteiger partial charge in [0.15, 0.2) is 0 Å². The summed E-state index contributed by atoms with van der Waals surface area (Å²) in [6.07, 6.45) is 8.16. The van der Waals surface area contributed by atoms with Crippen LogP contribution in [0.3, 0.4) is 0 Å².